The van der Waals surface area contributed by atoms with Gasteiger partial charge in [-0.3, -0.25) is 4.79 Å². The standard InChI is InChI=1S/C28H28ClF6N5O2.C5H12N2/c1-26(2,17-13-18(27(30,31)32)15-19(14-17)28(33,34)35)24(41)39(4)21-16-36-25(40-11-9-38(3)10-12-40)37-23(21)42-22-8-6-5-7-20(22)29;1-7-4-2-6-3-5-7/h5-8,13-16H,9-12H2,1-4H3;6H,2-5H2,1H3. The van der Waals surface area contributed by atoms with Crippen LogP contribution < -0.4 is 19.9 Å². The Labute approximate surface area is 286 Å². The van der Waals surface area contributed by atoms with E-state index >= 15 is 0 Å². The number of anilines is 2. The largest absolute Gasteiger partial charge is 0.435 e. The van der Waals surface area contributed by atoms with E-state index in [-0.39, 0.29) is 28.4 Å². The van der Waals surface area contributed by atoms with Crippen molar-refractivity contribution in [2.24, 2.45) is 0 Å². The van der Waals surface area contributed by atoms with Crippen LogP contribution in [0.3, 0.4) is 0 Å². The topological polar surface area (TPSA) is 77.1 Å². The molecule has 49 heavy (non-hydrogen) atoms. The summed E-state index contributed by atoms with van der Waals surface area (Å²) in [7, 11) is 5.45. The number of aromatic nitrogens is 2. The number of carbonyl (C=O) groups is 1. The molecule has 0 saturated carbocycles. The molecule has 0 atom stereocenters. The summed E-state index contributed by atoms with van der Waals surface area (Å²) in [6.07, 6.45) is -8.80. The maximum atomic E-state index is 13.8. The number of carbonyl (C=O) groups excluding carboxylic acids is 1. The fourth-order valence-corrected chi connectivity index (χ4v) is 5.37. The molecule has 1 N–H and O–H groups in total. The monoisotopic (exact) mass is 715 g/mol. The highest BCUT2D eigenvalue weighted by atomic mass is 35.5. The highest BCUT2D eigenvalue weighted by molar-refractivity contribution is 6.32. The van der Waals surface area contributed by atoms with Gasteiger partial charge in [0.2, 0.25) is 17.7 Å². The molecule has 268 valence electrons. The number of nitrogens with zero attached hydrogens (tertiary/aromatic N) is 6. The van der Waals surface area contributed by atoms with Crippen LogP contribution >= 0.6 is 11.6 Å². The van der Waals surface area contributed by atoms with E-state index < -0.39 is 40.4 Å². The van der Waals surface area contributed by atoms with Crippen LogP contribution in [0.25, 0.3) is 0 Å². The first-order chi connectivity index (χ1) is 22.9. The minimum Gasteiger partial charge on any atom is -0.435 e. The number of ether oxygens (including phenoxy) is 1. The molecule has 9 nitrogen and oxygen atoms in total. The number of benzene rings is 2. The van der Waals surface area contributed by atoms with E-state index in [4.69, 9.17) is 16.3 Å². The summed E-state index contributed by atoms with van der Waals surface area (Å²) in [4.78, 5) is 30.2. The molecule has 0 radical (unpaired) electrons. The van der Waals surface area contributed by atoms with Crippen LogP contribution in [-0.4, -0.2) is 99.2 Å². The Bertz CT molecular complexity index is 1560. The van der Waals surface area contributed by atoms with Crippen molar-refractivity contribution in [2.75, 3.05) is 83.3 Å². The normalized spacial score (nSPS) is 16.5. The van der Waals surface area contributed by atoms with Gasteiger partial charge in [-0.1, -0.05) is 23.7 Å². The fraction of sp³-hybridized carbons (Fsp3) is 0.485. The van der Waals surface area contributed by atoms with E-state index in [1.54, 1.807) is 24.3 Å². The van der Waals surface area contributed by atoms with Crippen LogP contribution in [0.1, 0.15) is 30.5 Å². The number of amides is 1. The maximum absolute atomic E-state index is 13.8. The highest BCUT2D eigenvalue weighted by Gasteiger charge is 2.41. The Kier molecular flexibility index (Phi) is 12.1. The van der Waals surface area contributed by atoms with Gasteiger partial charge in [0, 0.05) is 59.4 Å². The summed E-state index contributed by atoms with van der Waals surface area (Å²) >= 11 is 6.28. The summed E-state index contributed by atoms with van der Waals surface area (Å²) < 4.78 is 87.2. The quantitative estimate of drug-likeness (QED) is 0.304. The van der Waals surface area contributed by atoms with Crippen molar-refractivity contribution in [3.63, 3.8) is 0 Å². The van der Waals surface area contributed by atoms with E-state index in [2.05, 4.69) is 32.1 Å². The van der Waals surface area contributed by atoms with Crippen LogP contribution in [0.5, 0.6) is 11.6 Å². The molecule has 3 heterocycles. The third kappa shape index (κ3) is 9.74. The van der Waals surface area contributed by atoms with Gasteiger partial charge in [0.15, 0.2) is 0 Å². The van der Waals surface area contributed by atoms with Crippen molar-refractivity contribution in [1.82, 2.24) is 25.1 Å². The van der Waals surface area contributed by atoms with E-state index in [9.17, 15) is 31.1 Å². The SMILES string of the molecule is CN1CCN(c2ncc(N(C)C(=O)C(C)(C)c3cc(C(F)(F)F)cc(C(F)(F)F)c3)c(Oc3ccccc3Cl)n2)CC1.CN1CCNCC1. The number of nitrogens with one attached hydrogen (secondary N) is 1. The summed E-state index contributed by atoms with van der Waals surface area (Å²) in [6, 6.07) is 7.65. The first-order valence-corrected chi connectivity index (χ1v) is 16.0. The average Bonchev–Trinajstić information content (AvgIpc) is 3.05. The lowest BCUT2D eigenvalue weighted by Gasteiger charge is -2.33. The lowest BCUT2D eigenvalue weighted by atomic mass is 9.81. The number of rotatable bonds is 6. The number of hydrogen-bond donors (Lipinski definition) is 1. The van der Waals surface area contributed by atoms with Gasteiger partial charge in [0.05, 0.1) is 27.8 Å². The molecule has 2 aromatic carbocycles. The summed E-state index contributed by atoms with van der Waals surface area (Å²) in [5.74, 6) is -0.355. The molecule has 0 unspecified atom stereocenters. The Morgan fingerprint density at radius 2 is 1.39 bits per heavy atom. The van der Waals surface area contributed by atoms with Crippen LogP contribution in [0.15, 0.2) is 48.7 Å². The molecular weight excluding hydrogens is 676 g/mol. The number of alkyl halides is 6. The Morgan fingerprint density at radius 1 is 0.857 bits per heavy atom. The van der Waals surface area contributed by atoms with Gasteiger partial charge in [-0.2, -0.15) is 31.3 Å². The third-order valence-electron chi connectivity index (χ3n) is 8.40. The maximum Gasteiger partial charge on any atom is 0.416 e. The first-order valence-electron chi connectivity index (χ1n) is 15.6. The molecule has 0 aliphatic carbocycles. The molecule has 2 saturated heterocycles. The first kappa shape index (κ1) is 38.1. The fourth-order valence-electron chi connectivity index (χ4n) is 5.19. The van der Waals surface area contributed by atoms with Crippen molar-refractivity contribution >= 4 is 29.1 Å². The minimum absolute atomic E-state index is 0.0221. The number of halogens is 7. The zero-order valence-electron chi connectivity index (χ0n) is 27.9. The molecule has 0 spiro atoms. The predicted octanol–water partition coefficient (Wildman–Crippen LogP) is 6.17. The summed E-state index contributed by atoms with van der Waals surface area (Å²) in [6.45, 7) is 10.0. The third-order valence-corrected chi connectivity index (χ3v) is 8.72. The van der Waals surface area contributed by atoms with Gasteiger partial charge in [-0.15, -0.1) is 0 Å². The van der Waals surface area contributed by atoms with Gasteiger partial charge in [-0.05, 0) is 63.8 Å². The zero-order valence-corrected chi connectivity index (χ0v) is 28.7. The second kappa shape index (κ2) is 15.5. The Balaban J connectivity index is 0.000000686. The minimum atomic E-state index is -5.07. The molecule has 3 aromatic rings. The summed E-state index contributed by atoms with van der Waals surface area (Å²) in [5.41, 5.74) is -5.30. The molecule has 16 heteroatoms. The van der Waals surface area contributed by atoms with Crippen molar-refractivity contribution in [3.8, 4) is 11.6 Å². The lowest BCUT2D eigenvalue weighted by Crippen LogP contribution is -2.45. The highest BCUT2D eigenvalue weighted by Crippen LogP contribution is 2.41. The van der Waals surface area contributed by atoms with Crippen molar-refractivity contribution in [1.29, 1.82) is 0 Å². The zero-order chi connectivity index (χ0) is 36.1. The second-order valence-electron chi connectivity index (χ2n) is 12.5. The van der Waals surface area contributed by atoms with Gasteiger partial charge < -0.3 is 29.7 Å². The van der Waals surface area contributed by atoms with E-state index in [0.29, 0.717) is 31.2 Å². The average molecular weight is 716 g/mol. The smallest absolute Gasteiger partial charge is 0.416 e. The molecule has 1 aromatic heterocycles. The van der Waals surface area contributed by atoms with Crippen LogP contribution in [-0.2, 0) is 22.6 Å². The Hall–Kier alpha value is -3.66. The van der Waals surface area contributed by atoms with E-state index in [0.717, 1.165) is 31.1 Å². The van der Waals surface area contributed by atoms with Crippen LogP contribution in [0, 0.1) is 0 Å². The van der Waals surface area contributed by atoms with Gasteiger partial charge in [-0.25, -0.2) is 4.98 Å². The van der Waals surface area contributed by atoms with Gasteiger partial charge in [0.25, 0.3) is 0 Å². The molecule has 2 aliphatic rings. The molecule has 0 bridgehead atoms. The van der Waals surface area contributed by atoms with E-state index in [1.165, 1.54) is 40.2 Å². The number of hydrogen-bond acceptors (Lipinski definition) is 8. The molecule has 2 fully saturated rings. The van der Waals surface area contributed by atoms with Crippen LogP contribution in [0.2, 0.25) is 5.02 Å². The van der Waals surface area contributed by atoms with Gasteiger partial charge >= 0.3 is 12.4 Å². The van der Waals surface area contributed by atoms with E-state index in [1.807, 2.05) is 11.9 Å². The van der Waals surface area contributed by atoms with Gasteiger partial charge in [0.1, 0.15) is 11.4 Å². The summed E-state index contributed by atoms with van der Waals surface area (Å²) in [5, 5.41) is 3.52. The number of para-hydroxylation sites is 1. The van der Waals surface area contributed by atoms with Crippen LogP contribution in [0.4, 0.5) is 38.0 Å². The van der Waals surface area contributed by atoms with Crippen molar-refractivity contribution in [3.05, 3.63) is 70.4 Å². The van der Waals surface area contributed by atoms with Crippen molar-refractivity contribution in [2.45, 2.75) is 31.6 Å². The predicted molar refractivity (Wildman–Crippen MR) is 177 cm³/mol. The lowest BCUT2D eigenvalue weighted by molar-refractivity contribution is -0.143. The number of likely N-dealkylation sites (N-methyl/N-ethyl adjacent to an activating group) is 3. The molecular formula is C33H40ClF6N7O2. The number of piperazine rings is 2. The molecule has 1 amide bonds. The second-order valence-corrected chi connectivity index (χ2v) is 12.9. The molecule has 5 rings (SSSR count). The Morgan fingerprint density at radius 3 is 1.90 bits per heavy atom. The molecule has 2 aliphatic heterocycles. The van der Waals surface area contributed by atoms with Crippen molar-refractivity contribution < 1.29 is 35.9 Å².